The van der Waals surface area contributed by atoms with Gasteiger partial charge in [0.25, 0.3) is 9.84 Å². The van der Waals surface area contributed by atoms with E-state index in [0.717, 1.165) is 23.6 Å². The fraction of sp³-hybridized carbons (Fsp3) is 0.125. The SMILES string of the molecule is Cc1cc(S(=O)(=O)C#N)ccc1F. The third-order valence-electron chi connectivity index (χ3n) is 1.56. The Morgan fingerprint density at radius 2 is 2.08 bits per heavy atom. The summed E-state index contributed by atoms with van der Waals surface area (Å²) in [5, 5.41) is 9.43. The standard InChI is InChI=1S/C8H6FNO2S/c1-6-4-7(2-3-8(6)9)13(11,12)5-10/h2-4H,1H3. The van der Waals surface area contributed by atoms with E-state index in [9.17, 15) is 12.8 Å². The molecule has 0 N–H and O–H groups in total. The molecule has 68 valence electrons. The smallest absolute Gasteiger partial charge is 0.208 e. The number of aryl methyl sites for hydroxylation is 1. The van der Waals surface area contributed by atoms with Gasteiger partial charge >= 0.3 is 0 Å². The highest BCUT2D eigenvalue weighted by molar-refractivity contribution is 7.95. The zero-order valence-electron chi connectivity index (χ0n) is 6.78. The Labute approximate surface area is 75.3 Å². The largest absolute Gasteiger partial charge is 0.269 e. The van der Waals surface area contributed by atoms with Crippen molar-refractivity contribution in [2.45, 2.75) is 11.8 Å². The Balaban J connectivity index is 3.38. The van der Waals surface area contributed by atoms with Crippen molar-refractivity contribution in [1.29, 1.82) is 5.26 Å². The summed E-state index contributed by atoms with van der Waals surface area (Å²) in [6.07, 6.45) is 0. The minimum atomic E-state index is -3.90. The van der Waals surface area contributed by atoms with E-state index in [1.165, 1.54) is 6.92 Å². The van der Waals surface area contributed by atoms with E-state index in [-0.39, 0.29) is 10.5 Å². The van der Waals surface area contributed by atoms with Crippen LogP contribution in [-0.4, -0.2) is 8.42 Å². The van der Waals surface area contributed by atoms with Gasteiger partial charge in [-0.05, 0) is 30.7 Å². The van der Waals surface area contributed by atoms with Crippen LogP contribution >= 0.6 is 0 Å². The highest BCUT2D eigenvalue weighted by atomic mass is 32.2. The maximum Gasteiger partial charge on any atom is 0.269 e. The fourth-order valence-electron chi connectivity index (χ4n) is 0.837. The predicted molar refractivity (Wildman–Crippen MR) is 43.9 cm³/mol. The molecule has 0 aliphatic heterocycles. The van der Waals surface area contributed by atoms with Crippen LogP contribution in [0.1, 0.15) is 5.56 Å². The van der Waals surface area contributed by atoms with Crippen molar-refractivity contribution in [2.75, 3.05) is 0 Å². The van der Waals surface area contributed by atoms with Crippen LogP contribution in [0.2, 0.25) is 0 Å². The van der Waals surface area contributed by atoms with Crippen molar-refractivity contribution in [3.05, 3.63) is 29.6 Å². The summed E-state index contributed by atoms with van der Waals surface area (Å²) in [6, 6.07) is 3.23. The molecule has 0 aliphatic carbocycles. The summed E-state index contributed by atoms with van der Waals surface area (Å²) < 4.78 is 34.7. The number of thiocyanates is 1. The molecule has 0 heterocycles. The number of nitrogens with zero attached hydrogens (tertiary/aromatic N) is 1. The van der Waals surface area contributed by atoms with Gasteiger partial charge in [0.05, 0.1) is 4.90 Å². The van der Waals surface area contributed by atoms with Crippen molar-refractivity contribution < 1.29 is 12.8 Å². The van der Waals surface area contributed by atoms with Gasteiger partial charge < -0.3 is 0 Å². The number of hydrogen-bond acceptors (Lipinski definition) is 3. The fourth-order valence-corrected chi connectivity index (χ4v) is 1.52. The van der Waals surface area contributed by atoms with Gasteiger partial charge in [0.1, 0.15) is 5.82 Å². The van der Waals surface area contributed by atoms with Gasteiger partial charge in [0, 0.05) is 0 Å². The van der Waals surface area contributed by atoms with E-state index in [4.69, 9.17) is 5.26 Å². The number of nitriles is 1. The van der Waals surface area contributed by atoms with Gasteiger partial charge in [0.2, 0.25) is 0 Å². The van der Waals surface area contributed by atoms with Crippen molar-refractivity contribution in [1.82, 2.24) is 0 Å². The average molecular weight is 199 g/mol. The van der Waals surface area contributed by atoms with E-state index >= 15 is 0 Å². The molecule has 1 aromatic rings. The molecule has 0 bridgehead atoms. The van der Waals surface area contributed by atoms with Crippen LogP contribution in [0.4, 0.5) is 4.39 Å². The lowest BCUT2D eigenvalue weighted by atomic mass is 10.2. The van der Waals surface area contributed by atoms with E-state index in [1.807, 2.05) is 0 Å². The van der Waals surface area contributed by atoms with Crippen LogP contribution in [0.15, 0.2) is 23.1 Å². The zero-order valence-corrected chi connectivity index (χ0v) is 7.60. The molecule has 3 nitrogen and oxygen atoms in total. The summed E-state index contributed by atoms with van der Waals surface area (Å²) in [5.74, 6) is -0.489. The minimum Gasteiger partial charge on any atom is -0.208 e. The number of benzene rings is 1. The van der Waals surface area contributed by atoms with Gasteiger partial charge in [-0.3, -0.25) is 0 Å². The third kappa shape index (κ3) is 1.84. The Bertz CT molecular complexity index is 473. The average Bonchev–Trinajstić information content (AvgIpc) is 2.09. The Morgan fingerprint density at radius 1 is 1.46 bits per heavy atom. The summed E-state index contributed by atoms with van der Waals surface area (Å²) in [4.78, 5) is -0.172. The van der Waals surface area contributed by atoms with Crippen LogP contribution in [-0.2, 0) is 9.84 Å². The topological polar surface area (TPSA) is 57.9 Å². The molecule has 0 saturated heterocycles. The summed E-state index contributed by atoms with van der Waals surface area (Å²) in [7, 11) is -3.90. The first kappa shape index (κ1) is 9.68. The van der Waals surface area contributed by atoms with E-state index in [1.54, 1.807) is 0 Å². The van der Waals surface area contributed by atoms with Crippen LogP contribution in [0.5, 0.6) is 0 Å². The molecule has 1 rings (SSSR count). The van der Waals surface area contributed by atoms with Gasteiger partial charge in [-0.25, -0.2) is 12.8 Å². The maximum atomic E-state index is 12.7. The molecule has 0 amide bonds. The van der Waals surface area contributed by atoms with Gasteiger partial charge in [-0.1, -0.05) is 0 Å². The van der Waals surface area contributed by atoms with E-state index in [0.29, 0.717) is 0 Å². The Kier molecular flexibility index (Phi) is 2.34. The van der Waals surface area contributed by atoms with Crippen molar-refractivity contribution in [3.8, 4) is 5.40 Å². The molecular weight excluding hydrogens is 193 g/mol. The number of sulfone groups is 1. The van der Waals surface area contributed by atoms with Crippen molar-refractivity contribution in [2.24, 2.45) is 0 Å². The van der Waals surface area contributed by atoms with Crippen LogP contribution in [0.25, 0.3) is 0 Å². The zero-order chi connectivity index (χ0) is 10.1. The lowest BCUT2D eigenvalue weighted by Gasteiger charge is -1.98. The first-order valence-corrected chi connectivity index (χ1v) is 4.88. The highest BCUT2D eigenvalue weighted by Crippen LogP contribution is 2.14. The summed E-state index contributed by atoms with van der Waals surface area (Å²) >= 11 is 0. The molecule has 0 radical (unpaired) electrons. The van der Waals surface area contributed by atoms with Gasteiger partial charge in [-0.15, -0.1) is 0 Å². The molecule has 0 aliphatic rings. The highest BCUT2D eigenvalue weighted by Gasteiger charge is 2.13. The lowest BCUT2D eigenvalue weighted by molar-refractivity contribution is 0.602. The summed E-state index contributed by atoms with van der Waals surface area (Å²) in [5.41, 5.74) is 0.205. The van der Waals surface area contributed by atoms with Crippen molar-refractivity contribution >= 4 is 9.84 Å². The molecule has 0 unspecified atom stereocenters. The minimum absolute atomic E-state index is 0.172. The lowest BCUT2D eigenvalue weighted by Crippen LogP contribution is -1.97. The maximum absolute atomic E-state index is 12.7. The Morgan fingerprint density at radius 3 is 2.54 bits per heavy atom. The normalized spacial score (nSPS) is 10.8. The predicted octanol–water partition coefficient (Wildman–Crippen LogP) is 1.39. The van der Waals surface area contributed by atoms with Crippen LogP contribution in [0.3, 0.4) is 0 Å². The summed E-state index contributed by atoms with van der Waals surface area (Å²) in [6.45, 7) is 1.44. The second-order valence-corrected chi connectivity index (χ2v) is 4.17. The molecule has 0 atom stereocenters. The molecule has 0 spiro atoms. The second kappa shape index (κ2) is 3.15. The Hall–Kier alpha value is -1.41. The molecule has 0 aromatic heterocycles. The quantitative estimate of drug-likeness (QED) is 0.390. The van der Waals surface area contributed by atoms with Crippen molar-refractivity contribution in [3.63, 3.8) is 0 Å². The first-order valence-electron chi connectivity index (χ1n) is 3.39. The molecule has 0 saturated carbocycles. The molecular formula is C8H6FNO2S. The van der Waals surface area contributed by atoms with Crippen LogP contribution in [0, 0.1) is 23.4 Å². The number of hydrogen-bond donors (Lipinski definition) is 0. The molecule has 0 fully saturated rings. The monoisotopic (exact) mass is 199 g/mol. The van der Waals surface area contributed by atoms with E-state index < -0.39 is 15.7 Å². The first-order chi connectivity index (χ1) is 5.97. The number of rotatable bonds is 1. The van der Waals surface area contributed by atoms with Gasteiger partial charge in [-0.2, -0.15) is 5.26 Å². The van der Waals surface area contributed by atoms with Gasteiger partial charge in [0.15, 0.2) is 5.40 Å². The molecule has 5 heteroatoms. The van der Waals surface area contributed by atoms with Crippen LogP contribution < -0.4 is 0 Å². The molecule has 1 aromatic carbocycles. The second-order valence-electron chi connectivity index (χ2n) is 2.51. The molecule has 13 heavy (non-hydrogen) atoms. The number of halogens is 1. The van der Waals surface area contributed by atoms with E-state index in [2.05, 4.69) is 0 Å². The third-order valence-corrected chi connectivity index (χ3v) is 2.67.